The molecule has 0 aromatic carbocycles. The van der Waals surface area contributed by atoms with Crippen molar-refractivity contribution in [1.29, 1.82) is 0 Å². The number of aliphatic hydroxyl groups is 1. The summed E-state index contributed by atoms with van der Waals surface area (Å²) in [7, 11) is 0. The smallest absolute Gasteiger partial charge is 0.306 e. The lowest BCUT2D eigenvalue weighted by molar-refractivity contribution is -0.141. The molecule has 1 heterocycles. The van der Waals surface area contributed by atoms with Crippen LogP contribution in [0.2, 0.25) is 0 Å². The fourth-order valence-electron chi connectivity index (χ4n) is 0.760. The van der Waals surface area contributed by atoms with Crippen LogP contribution in [0.3, 0.4) is 0 Å². The minimum Gasteiger partial charge on any atom is -0.509 e. The van der Waals surface area contributed by atoms with Gasteiger partial charge in [-0.1, -0.05) is 6.58 Å². The maximum Gasteiger partial charge on any atom is 0.306 e. The fraction of sp³-hybridized carbons (Fsp3) is 0.500. The SMILES string of the molecule is C=C(O)[C@@H]1CCC(=O)O1. The Balaban J connectivity index is 2.48. The van der Waals surface area contributed by atoms with Crippen molar-refractivity contribution in [2.75, 3.05) is 0 Å². The molecule has 9 heavy (non-hydrogen) atoms. The third-order valence-electron chi connectivity index (χ3n) is 1.26. The molecule has 0 saturated carbocycles. The monoisotopic (exact) mass is 128 g/mol. The van der Waals surface area contributed by atoms with Gasteiger partial charge in [0.2, 0.25) is 0 Å². The van der Waals surface area contributed by atoms with Gasteiger partial charge in [0.1, 0.15) is 5.76 Å². The zero-order chi connectivity index (χ0) is 6.85. The predicted molar refractivity (Wildman–Crippen MR) is 30.9 cm³/mol. The minimum atomic E-state index is -0.447. The second-order valence-corrected chi connectivity index (χ2v) is 2.01. The van der Waals surface area contributed by atoms with E-state index in [4.69, 9.17) is 5.11 Å². The summed E-state index contributed by atoms with van der Waals surface area (Å²) in [6.45, 7) is 3.25. The lowest BCUT2D eigenvalue weighted by atomic mass is 10.2. The number of ether oxygens (including phenoxy) is 1. The highest BCUT2D eigenvalue weighted by Gasteiger charge is 2.24. The summed E-state index contributed by atoms with van der Waals surface area (Å²) in [5, 5.41) is 8.70. The molecular weight excluding hydrogens is 120 g/mol. The van der Waals surface area contributed by atoms with Gasteiger partial charge in [-0.3, -0.25) is 4.79 Å². The molecule has 0 aromatic rings. The van der Waals surface area contributed by atoms with Crippen molar-refractivity contribution >= 4 is 5.97 Å². The lowest BCUT2D eigenvalue weighted by Crippen LogP contribution is -2.08. The number of aliphatic hydroxyl groups excluding tert-OH is 1. The average Bonchev–Trinajstić information content (AvgIpc) is 2.14. The first kappa shape index (κ1) is 6.13. The Morgan fingerprint density at radius 2 is 2.56 bits per heavy atom. The molecule has 0 amide bonds. The zero-order valence-electron chi connectivity index (χ0n) is 4.96. The third-order valence-corrected chi connectivity index (χ3v) is 1.26. The quantitative estimate of drug-likeness (QED) is 0.419. The molecule has 0 radical (unpaired) electrons. The Morgan fingerprint density at radius 3 is 2.78 bits per heavy atom. The van der Waals surface area contributed by atoms with Gasteiger partial charge in [-0.25, -0.2) is 0 Å². The molecule has 3 nitrogen and oxygen atoms in total. The normalized spacial score (nSPS) is 25.8. The molecule has 3 heteroatoms. The molecule has 1 aliphatic heterocycles. The molecule has 1 atom stereocenters. The molecule has 1 aliphatic rings. The maximum atomic E-state index is 10.4. The summed E-state index contributed by atoms with van der Waals surface area (Å²) >= 11 is 0. The minimum absolute atomic E-state index is 0.0548. The summed E-state index contributed by atoms with van der Waals surface area (Å²) in [4.78, 5) is 10.4. The van der Waals surface area contributed by atoms with E-state index < -0.39 is 6.10 Å². The number of esters is 1. The van der Waals surface area contributed by atoms with Gasteiger partial charge < -0.3 is 9.84 Å². The first-order valence-electron chi connectivity index (χ1n) is 2.77. The molecule has 0 unspecified atom stereocenters. The van der Waals surface area contributed by atoms with Crippen LogP contribution in [0.25, 0.3) is 0 Å². The van der Waals surface area contributed by atoms with Gasteiger partial charge in [0, 0.05) is 12.8 Å². The summed E-state index contributed by atoms with van der Waals surface area (Å²) in [5.74, 6) is -0.309. The Morgan fingerprint density at radius 1 is 1.89 bits per heavy atom. The van der Waals surface area contributed by atoms with Crippen LogP contribution < -0.4 is 0 Å². The van der Waals surface area contributed by atoms with Gasteiger partial charge in [0.15, 0.2) is 6.10 Å². The topological polar surface area (TPSA) is 46.5 Å². The van der Waals surface area contributed by atoms with Gasteiger partial charge in [-0.2, -0.15) is 0 Å². The Hall–Kier alpha value is -0.990. The van der Waals surface area contributed by atoms with Gasteiger partial charge in [0.05, 0.1) is 0 Å². The van der Waals surface area contributed by atoms with Crippen molar-refractivity contribution in [3.8, 4) is 0 Å². The standard InChI is InChI=1S/C6H8O3/c1-4(7)5-2-3-6(8)9-5/h5,7H,1-3H2/t5-/m0/s1. The van der Waals surface area contributed by atoms with E-state index >= 15 is 0 Å². The van der Waals surface area contributed by atoms with Gasteiger partial charge in [-0.15, -0.1) is 0 Å². The highest BCUT2D eigenvalue weighted by Crippen LogP contribution is 2.17. The summed E-state index contributed by atoms with van der Waals surface area (Å²) in [6.07, 6.45) is 0.510. The number of rotatable bonds is 1. The lowest BCUT2D eigenvalue weighted by Gasteiger charge is -2.04. The number of hydrogen-bond acceptors (Lipinski definition) is 3. The molecule has 0 aromatic heterocycles. The van der Waals surface area contributed by atoms with Crippen LogP contribution in [0.5, 0.6) is 0 Å². The summed E-state index contributed by atoms with van der Waals surface area (Å²) < 4.78 is 4.63. The van der Waals surface area contributed by atoms with Crippen molar-refractivity contribution < 1.29 is 14.6 Å². The van der Waals surface area contributed by atoms with Crippen LogP contribution >= 0.6 is 0 Å². The molecule has 1 N–H and O–H groups in total. The highest BCUT2D eigenvalue weighted by molar-refractivity contribution is 5.71. The number of carbonyl (C=O) groups is 1. The third kappa shape index (κ3) is 1.22. The van der Waals surface area contributed by atoms with Crippen LogP contribution in [0.15, 0.2) is 12.3 Å². The van der Waals surface area contributed by atoms with Crippen molar-refractivity contribution in [2.24, 2.45) is 0 Å². The van der Waals surface area contributed by atoms with E-state index in [-0.39, 0.29) is 11.7 Å². The Kier molecular flexibility index (Phi) is 1.42. The van der Waals surface area contributed by atoms with E-state index in [1.165, 1.54) is 0 Å². The van der Waals surface area contributed by atoms with E-state index in [1.807, 2.05) is 0 Å². The molecule has 50 valence electrons. The van der Waals surface area contributed by atoms with Crippen LogP contribution in [-0.4, -0.2) is 17.2 Å². The molecule has 0 bridgehead atoms. The van der Waals surface area contributed by atoms with E-state index in [2.05, 4.69) is 11.3 Å². The summed E-state index contributed by atoms with van der Waals surface area (Å²) in [5.41, 5.74) is 0. The molecule has 0 aliphatic carbocycles. The molecule has 0 spiro atoms. The van der Waals surface area contributed by atoms with Gasteiger partial charge >= 0.3 is 5.97 Å². The van der Waals surface area contributed by atoms with Gasteiger partial charge in [-0.05, 0) is 0 Å². The fourth-order valence-corrected chi connectivity index (χ4v) is 0.760. The van der Waals surface area contributed by atoms with Crippen molar-refractivity contribution in [2.45, 2.75) is 18.9 Å². The van der Waals surface area contributed by atoms with Crippen LogP contribution in [-0.2, 0) is 9.53 Å². The van der Waals surface area contributed by atoms with E-state index in [1.54, 1.807) is 0 Å². The maximum absolute atomic E-state index is 10.4. The predicted octanol–water partition coefficient (Wildman–Crippen LogP) is 0.764. The van der Waals surface area contributed by atoms with Crippen molar-refractivity contribution in [3.63, 3.8) is 0 Å². The van der Waals surface area contributed by atoms with Crippen LogP contribution in [0.1, 0.15) is 12.8 Å². The van der Waals surface area contributed by atoms with Crippen LogP contribution in [0, 0.1) is 0 Å². The largest absolute Gasteiger partial charge is 0.509 e. The number of hydrogen-bond donors (Lipinski definition) is 1. The second kappa shape index (κ2) is 2.09. The zero-order valence-corrected chi connectivity index (χ0v) is 4.96. The molecule has 1 saturated heterocycles. The van der Waals surface area contributed by atoms with Crippen molar-refractivity contribution in [3.05, 3.63) is 12.3 Å². The first-order valence-corrected chi connectivity index (χ1v) is 2.77. The highest BCUT2D eigenvalue weighted by atomic mass is 16.6. The van der Waals surface area contributed by atoms with E-state index in [0.29, 0.717) is 12.8 Å². The van der Waals surface area contributed by atoms with Gasteiger partial charge in [0.25, 0.3) is 0 Å². The average molecular weight is 128 g/mol. The molecule has 1 rings (SSSR count). The Bertz CT molecular complexity index is 150. The molecular formula is C6H8O3. The number of cyclic esters (lactones) is 1. The van der Waals surface area contributed by atoms with Crippen molar-refractivity contribution in [1.82, 2.24) is 0 Å². The van der Waals surface area contributed by atoms with Crippen LogP contribution in [0.4, 0.5) is 0 Å². The number of carbonyl (C=O) groups excluding carboxylic acids is 1. The first-order chi connectivity index (χ1) is 4.20. The summed E-state index contributed by atoms with van der Waals surface area (Å²) in [6, 6.07) is 0. The van der Waals surface area contributed by atoms with E-state index in [9.17, 15) is 4.79 Å². The Labute approximate surface area is 52.9 Å². The molecule has 1 fully saturated rings. The second-order valence-electron chi connectivity index (χ2n) is 2.01. The van der Waals surface area contributed by atoms with E-state index in [0.717, 1.165) is 0 Å².